The highest BCUT2D eigenvalue weighted by molar-refractivity contribution is 7.33. The van der Waals surface area contributed by atoms with Crippen LogP contribution in [0.3, 0.4) is 0 Å². The van der Waals surface area contributed by atoms with E-state index in [4.69, 9.17) is 0 Å². The normalized spacial score (nSPS) is 14.7. The summed E-state index contributed by atoms with van der Waals surface area (Å²) < 4.78 is 2.73. The number of rotatable bonds is 5. The number of thiophene rings is 1. The zero-order valence-electron chi connectivity index (χ0n) is 50.3. The van der Waals surface area contributed by atoms with Gasteiger partial charge in [0.15, 0.2) is 0 Å². The van der Waals surface area contributed by atoms with E-state index in [0.717, 1.165) is 17.1 Å². The fourth-order valence-corrected chi connectivity index (χ4v) is 14.2. The lowest BCUT2D eigenvalue weighted by atomic mass is 9.36. The van der Waals surface area contributed by atoms with Gasteiger partial charge in [0.1, 0.15) is 0 Å². The van der Waals surface area contributed by atoms with E-state index in [1.165, 1.54) is 116 Å². The van der Waals surface area contributed by atoms with Crippen molar-refractivity contribution in [2.24, 2.45) is 0 Å². The van der Waals surface area contributed by atoms with Crippen molar-refractivity contribution in [2.45, 2.75) is 157 Å². The van der Waals surface area contributed by atoms with E-state index in [2.05, 4.69) is 297 Å². The molecule has 0 bridgehead atoms. The summed E-state index contributed by atoms with van der Waals surface area (Å²) in [5.74, 6) is 0. The standard InChI is InChI=1S/C74H80BN3S/c1-45-39-62-66-63(40-45)78(53-35-27-48(28-36-53)71(8,9)10)67-56-41-49(72(11,12)13)30-38-64(56)79-68(67)75(66)59-42-50(73(14,15)16)29-37-60(59)77(62)54-43-58-65(55-21-19-20-22-57(55)74(58,17)18)61(44-54)76(51-31-23-46(24-32-51)69(2,3)4)52-33-25-47(26-34-52)70(5,6)7/h19-44H,1-18H3. The number of fused-ring (bicyclic) bond motifs is 9. The maximum Gasteiger partial charge on any atom is 0.264 e. The summed E-state index contributed by atoms with van der Waals surface area (Å²) in [6, 6.07) is 62.2. The Labute approximate surface area is 477 Å². The highest BCUT2D eigenvalue weighted by Crippen LogP contribution is 2.58. The lowest BCUT2D eigenvalue weighted by Crippen LogP contribution is -2.60. The predicted molar refractivity (Wildman–Crippen MR) is 346 cm³/mol. The van der Waals surface area contributed by atoms with Crippen LogP contribution in [0.15, 0.2) is 158 Å². The molecule has 0 radical (unpaired) electrons. The third-order valence-electron chi connectivity index (χ3n) is 17.7. The number of aryl methyl sites for hydroxylation is 1. The van der Waals surface area contributed by atoms with Gasteiger partial charge in [-0.3, -0.25) is 0 Å². The third kappa shape index (κ3) is 8.68. The number of benzene rings is 8. The molecule has 5 heteroatoms. The lowest BCUT2D eigenvalue weighted by Gasteiger charge is -2.44. The summed E-state index contributed by atoms with van der Waals surface area (Å²) in [6.45, 7) is 42.1. The first kappa shape index (κ1) is 52.9. The molecule has 79 heavy (non-hydrogen) atoms. The molecular formula is C74H80BN3S. The minimum Gasteiger partial charge on any atom is -0.311 e. The molecule has 0 atom stereocenters. The molecule has 3 nitrogen and oxygen atoms in total. The second kappa shape index (κ2) is 17.8. The molecule has 1 aromatic heterocycles. The first-order chi connectivity index (χ1) is 37.0. The molecule has 0 unspecified atom stereocenters. The molecule has 0 saturated carbocycles. The Morgan fingerprint density at radius 1 is 0.456 bits per heavy atom. The van der Waals surface area contributed by atoms with E-state index in [1.807, 2.05) is 11.3 Å². The average molecular weight is 1050 g/mol. The quantitative estimate of drug-likeness (QED) is 0.159. The van der Waals surface area contributed by atoms with Crippen LogP contribution in [0.25, 0.3) is 21.2 Å². The zero-order valence-corrected chi connectivity index (χ0v) is 51.2. The van der Waals surface area contributed by atoms with Crippen molar-refractivity contribution in [1.29, 1.82) is 0 Å². The van der Waals surface area contributed by atoms with Crippen LogP contribution in [0.1, 0.15) is 162 Å². The van der Waals surface area contributed by atoms with E-state index >= 15 is 0 Å². The Balaban J connectivity index is 1.18. The molecule has 9 aromatic rings. The first-order valence-electron chi connectivity index (χ1n) is 28.9. The van der Waals surface area contributed by atoms with Gasteiger partial charge < -0.3 is 14.7 Å². The molecule has 0 spiro atoms. The van der Waals surface area contributed by atoms with Gasteiger partial charge in [0, 0.05) is 65.7 Å². The lowest BCUT2D eigenvalue weighted by molar-refractivity contribution is 0.590. The fraction of sp³-hybridized carbons (Fsp3) is 0.324. The van der Waals surface area contributed by atoms with Gasteiger partial charge in [0.05, 0.1) is 11.4 Å². The fourth-order valence-electron chi connectivity index (χ4n) is 12.9. The first-order valence-corrected chi connectivity index (χ1v) is 29.7. The molecule has 400 valence electrons. The third-order valence-corrected chi connectivity index (χ3v) is 18.9. The molecule has 3 heterocycles. The number of hydrogen-bond acceptors (Lipinski definition) is 4. The van der Waals surface area contributed by atoms with E-state index in [0.29, 0.717) is 0 Å². The Bertz CT molecular complexity index is 3840. The van der Waals surface area contributed by atoms with Gasteiger partial charge in [-0.2, -0.15) is 0 Å². The van der Waals surface area contributed by atoms with Gasteiger partial charge in [-0.15, -0.1) is 11.3 Å². The Kier molecular flexibility index (Phi) is 11.9. The monoisotopic (exact) mass is 1050 g/mol. The number of nitrogens with zero attached hydrogens (tertiary/aromatic N) is 3. The van der Waals surface area contributed by atoms with Crippen molar-refractivity contribution >= 4 is 95.0 Å². The summed E-state index contributed by atoms with van der Waals surface area (Å²) in [6.07, 6.45) is 0. The van der Waals surface area contributed by atoms with Crippen molar-refractivity contribution in [3.63, 3.8) is 0 Å². The van der Waals surface area contributed by atoms with Gasteiger partial charge in [0.2, 0.25) is 0 Å². The molecule has 2 aliphatic heterocycles. The summed E-state index contributed by atoms with van der Waals surface area (Å²) in [5, 5.41) is 1.33. The second-order valence-corrected chi connectivity index (χ2v) is 30.0. The topological polar surface area (TPSA) is 9.72 Å². The Hall–Kier alpha value is -6.82. The molecule has 0 saturated heterocycles. The van der Waals surface area contributed by atoms with Crippen LogP contribution in [-0.2, 0) is 32.5 Å². The zero-order chi connectivity index (χ0) is 56.3. The summed E-state index contributed by atoms with van der Waals surface area (Å²) >= 11 is 1.99. The van der Waals surface area contributed by atoms with Crippen molar-refractivity contribution in [2.75, 3.05) is 14.7 Å². The number of anilines is 9. The van der Waals surface area contributed by atoms with Gasteiger partial charge >= 0.3 is 0 Å². The summed E-state index contributed by atoms with van der Waals surface area (Å²) in [7, 11) is 0. The molecule has 8 aromatic carbocycles. The maximum absolute atomic E-state index is 2.66. The summed E-state index contributed by atoms with van der Waals surface area (Å²) in [4.78, 5) is 7.86. The average Bonchev–Trinajstić information content (AvgIpc) is 3.91. The van der Waals surface area contributed by atoms with Crippen molar-refractivity contribution < 1.29 is 0 Å². The Morgan fingerprint density at radius 3 is 1.51 bits per heavy atom. The van der Waals surface area contributed by atoms with Crippen LogP contribution < -0.4 is 30.4 Å². The Morgan fingerprint density at radius 2 is 0.949 bits per heavy atom. The van der Waals surface area contributed by atoms with Crippen LogP contribution in [0.2, 0.25) is 0 Å². The van der Waals surface area contributed by atoms with Crippen molar-refractivity contribution in [3.05, 3.63) is 202 Å². The molecule has 3 aliphatic rings. The van der Waals surface area contributed by atoms with E-state index in [9.17, 15) is 0 Å². The number of hydrogen-bond donors (Lipinski definition) is 0. The van der Waals surface area contributed by atoms with Crippen LogP contribution in [0.5, 0.6) is 0 Å². The van der Waals surface area contributed by atoms with Crippen molar-refractivity contribution in [1.82, 2.24) is 0 Å². The molecule has 0 N–H and O–H groups in total. The van der Waals surface area contributed by atoms with E-state index in [1.54, 1.807) is 0 Å². The van der Waals surface area contributed by atoms with Crippen LogP contribution in [0.4, 0.5) is 51.2 Å². The molecule has 12 rings (SSSR count). The SMILES string of the molecule is Cc1cc2c3c(c1)N(c1ccc(C(C)(C)C)cc1)c1c(sc4ccc(C(C)(C)C)cc14)B3c1cc(C(C)(C)C)ccc1N2c1cc(N(c2ccc(C(C)(C)C)cc2)c2ccc(C(C)(C)C)cc2)c2c(c1)C(C)(C)c1ccccc1-2. The van der Waals surface area contributed by atoms with Crippen LogP contribution >= 0.6 is 11.3 Å². The predicted octanol–water partition coefficient (Wildman–Crippen LogP) is 19.6. The largest absolute Gasteiger partial charge is 0.311 e. The minimum atomic E-state index is -0.286. The maximum atomic E-state index is 2.66. The van der Waals surface area contributed by atoms with Crippen LogP contribution in [-0.4, -0.2) is 6.71 Å². The second-order valence-electron chi connectivity index (χ2n) is 28.9. The minimum absolute atomic E-state index is 0.00323. The van der Waals surface area contributed by atoms with Gasteiger partial charge in [0.25, 0.3) is 6.71 Å². The smallest absolute Gasteiger partial charge is 0.264 e. The molecule has 0 fully saturated rings. The summed E-state index contributed by atoms with van der Waals surface area (Å²) in [5.41, 5.74) is 26.4. The van der Waals surface area contributed by atoms with Crippen LogP contribution in [0, 0.1) is 6.92 Å². The van der Waals surface area contributed by atoms with Gasteiger partial charge in [-0.05, 0) is 174 Å². The molecule has 1 aliphatic carbocycles. The van der Waals surface area contributed by atoms with Gasteiger partial charge in [-0.25, -0.2) is 0 Å². The molecular weight excluding hydrogens is 974 g/mol. The van der Waals surface area contributed by atoms with E-state index in [-0.39, 0.29) is 39.2 Å². The highest BCUT2D eigenvalue weighted by atomic mass is 32.1. The van der Waals surface area contributed by atoms with Gasteiger partial charge in [-0.1, -0.05) is 197 Å². The van der Waals surface area contributed by atoms with E-state index < -0.39 is 0 Å². The van der Waals surface area contributed by atoms with Crippen molar-refractivity contribution in [3.8, 4) is 11.1 Å². The highest BCUT2D eigenvalue weighted by Gasteiger charge is 2.47. The molecule has 0 amide bonds.